The number of benzene rings is 1. The van der Waals surface area contributed by atoms with Crippen molar-refractivity contribution in [1.82, 2.24) is 9.38 Å². The molecule has 0 aliphatic heterocycles. The number of nitrogens with zero attached hydrogens (tertiary/aromatic N) is 2. The van der Waals surface area contributed by atoms with Gasteiger partial charge < -0.3 is 5.11 Å². The van der Waals surface area contributed by atoms with Crippen LogP contribution in [0, 0.1) is 0 Å². The summed E-state index contributed by atoms with van der Waals surface area (Å²) in [6.07, 6.45) is 1.10. The molecule has 94 valence electrons. The number of hydrogen-bond donors (Lipinski definition) is 1. The quantitative estimate of drug-likeness (QED) is 0.775. The van der Waals surface area contributed by atoms with Crippen molar-refractivity contribution in [1.29, 1.82) is 0 Å². The Morgan fingerprint density at radius 1 is 1.26 bits per heavy atom. The number of fused-ring (bicyclic) bond motifs is 1. The minimum atomic E-state index is -1.27. The van der Waals surface area contributed by atoms with E-state index in [1.165, 1.54) is 15.7 Å². The summed E-state index contributed by atoms with van der Waals surface area (Å²) in [4.78, 5) is 27.6. The second kappa shape index (κ2) is 4.33. The van der Waals surface area contributed by atoms with Gasteiger partial charge in [0.15, 0.2) is 4.96 Å². The zero-order valence-corrected chi connectivity index (χ0v) is 10.4. The van der Waals surface area contributed by atoms with Crippen LogP contribution < -0.4 is 5.56 Å². The van der Waals surface area contributed by atoms with Crippen molar-refractivity contribution in [3.8, 4) is 11.3 Å². The topological polar surface area (TPSA) is 71.7 Å². The summed E-state index contributed by atoms with van der Waals surface area (Å²) < 4.78 is 1.34. The monoisotopic (exact) mass is 272 g/mol. The number of carboxylic acids is 1. The Kier molecular flexibility index (Phi) is 2.64. The van der Waals surface area contributed by atoms with Gasteiger partial charge in [-0.2, -0.15) is 0 Å². The van der Waals surface area contributed by atoms with E-state index in [1.807, 2.05) is 30.3 Å². The lowest BCUT2D eigenvalue weighted by Gasteiger charge is -2.01. The van der Waals surface area contributed by atoms with Gasteiger partial charge in [0.1, 0.15) is 5.56 Å². The van der Waals surface area contributed by atoms with Crippen LogP contribution in [0.3, 0.4) is 0 Å². The van der Waals surface area contributed by atoms with Crippen molar-refractivity contribution in [2.75, 3.05) is 0 Å². The molecule has 0 atom stereocenters. The van der Waals surface area contributed by atoms with Crippen molar-refractivity contribution in [2.45, 2.75) is 0 Å². The number of aromatic nitrogens is 2. The number of hydrogen-bond acceptors (Lipinski definition) is 4. The minimum Gasteiger partial charge on any atom is -0.477 e. The molecule has 0 fully saturated rings. The van der Waals surface area contributed by atoms with Gasteiger partial charge >= 0.3 is 5.97 Å². The summed E-state index contributed by atoms with van der Waals surface area (Å²) in [5.41, 5.74) is 0.618. The van der Waals surface area contributed by atoms with E-state index in [9.17, 15) is 9.59 Å². The van der Waals surface area contributed by atoms with Crippen LogP contribution in [0.5, 0.6) is 0 Å². The first-order valence-corrected chi connectivity index (χ1v) is 6.34. The SMILES string of the molecule is O=C(O)c1cnc2scc(-c3ccccc3)n2c1=O. The molecule has 0 saturated heterocycles. The molecule has 0 amide bonds. The Hall–Kier alpha value is -2.47. The molecule has 3 aromatic rings. The lowest BCUT2D eigenvalue weighted by atomic mass is 10.2. The molecule has 6 heteroatoms. The highest BCUT2D eigenvalue weighted by atomic mass is 32.1. The van der Waals surface area contributed by atoms with Gasteiger partial charge in [0.2, 0.25) is 0 Å². The summed E-state index contributed by atoms with van der Waals surface area (Å²) in [6, 6.07) is 9.32. The fraction of sp³-hybridized carbons (Fsp3) is 0. The lowest BCUT2D eigenvalue weighted by Crippen LogP contribution is -2.22. The average molecular weight is 272 g/mol. The van der Waals surface area contributed by atoms with Gasteiger partial charge in [0, 0.05) is 5.38 Å². The van der Waals surface area contributed by atoms with Crippen LogP contribution in [0.25, 0.3) is 16.2 Å². The van der Waals surface area contributed by atoms with Gasteiger partial charge in [-0.25, -0.2) is 9.78 Å². The molecule has 0 spiro atoms. The third-order valence-electron chi connectivity index (χ3n) is 2.75. The van der Waals surface area contributed by atoms with Crippen molar-refractivity contribution < 1.29 is 9.90 Å². The highest BCUT2D eigenvalue weighted by Crippen LogP contribution is 2.23. The van der Waals surface area contributed by atoms with Crippen molar-refractivity contribution in [2.24, 2.45) is 0 Å². The van der Waals surface area contributed by atoms with Gasteiger partial charge in [-0.1, -0.05) is 30.3 Å². The van der Waals surface area contributed by atoms with E-state index in [-0.39, 0.29) is 5.56 Å². The Balaban J connectivity index is 2.37. The maximum absolute atomic E-state index is 12.2. The molecular formula is C13H8N2O3S. The molecule has 3 rings (SSSR count). The smallest absolute Gasteiger partial charge is 0.342 e. The number of carbonyl (C=O) groups is 1. The maximum atomic E-state index is 12.2. The fourth-order valence-corrected chi connectivity index (χ4v) is 2.71. The minimum absolute atomic E-state index is 0.326. The summed E-state index contributed by atoms with van der Waals surface area (Å²) in [5.74, 6) is -1.27. The standard InChI is InChI=1S/C13H8N2O3S/c16-11-9(12(17)18)6-14-13-15(11)10(7-19-13)8-4-2-1-3-5-8/h1-7H,(H,17,18). The molecular weight excluding hydrogens is 264 g/mol. The third-order valence-corrected chi connectivity index (χ3v) is 3.59. The molecule has 19 heavy (non-hydrogen) atoms. The van der Waals surface area contributed by atoms with Crippen LogP contribution in [-0.2, 0) is 0 Å². The highest BCUT2D eigenvalue weighted by molar-refractivity contribution is 7.15. The molecule has 0 aliphatic rings. The molecule has 2 heterocycles. The first-order chi connectivity index (χ1) is 9.18. The summed E-state index contributed by atoms with van der Waals surface area (Å²) >= 11 is 1.30. The van der Waals surface area contributed by atoms with Crippen LogP contribution in [0.15, 0.2) is 46.7 Å². The Morgan fingerprint density at radius 2 is 2.00 bits per heavy atom. The third kappa shape index (κ3) is 1.82. The zero-order chi connectivity index (χ0) is 13.4. The van der Waals surface area contributed by atoms with E-state index in [0.29, 0.717) is 10.7 Å². The van der Waals surface area contributed by atoms with Gasteiger partial charge in [-0.15, -0.1) is 11.3 Å². The summed E-state index contributed by atoms with van der Waals surface area (Å²) in [5, 5.41) is 10.8. The van der Waals surface area contributed by atoms with Gasteiger partial charge in [-0.3, -0.25) is 9.20 Å². The molecule has 0 aliphatic carbocycles. The van der Waals surface area contributed by atoms with E-state index < -0.39 is 11.5 Å². The number of rotatable bonds is 2. The zero-order valence-electron chi connectivity index (χ0n) is 9.61. The predicted octanol–water partition coefficient (Wildman–Crippen LogP) is 2.12. The summed E-state index contributed by atoms with van der Waals surface area (Å²) in [7, 11) is 0. The predicted molar refractivity (Wildman–Crippen MR) is 71.7 cm³/mol. The highest BCUT2D eigenvalue weighted by Gasteiger charge is 2.15. The van der Waals surface area contributed by atoms with E-state index in [4.69, 9.17) is 5.11 Å². The fourth-order valence-electron chi connectivity index (χ4n) is 1.85. The van der Waals surface area contributed by atoms with Crippen molar-refractivity contribution in [3.05, 3.63) is 57.8 Å². The van der Waals surface area contributed by atoms with Gasteiger partial charge in [0.25, 0.3) is 5.56 Å². The largest absolute Gasteiger partial charge is 0.477 e. The van der Waals surface area contributed by atoms with Crippen LogP contribution in [0.4, 0.5) is 0 Å². The number of aromatic carboxylic acids is 1. The van der Waals surface area contributed by atoms with E-state index in [0.717, 1.165) is 11.8 Å². The summed E-state index contributed by atoms with van der Waals surface area (Å²) in [6.45, 7) is 0. The Bertz CT molecular complexity index is 821. The van der Waals surface area contributed by atoms with Crippen LogP contribution in [-0.4, -0.2) is 20.5 Å². The molecule has 2 aromatic heterocycles. The molecule has 0 radical (unpaired) electrons. The Morgan fingerprint density at radius 3 is 2.68 bits per heavy atom. The average Bonchev–Trinajstić information content (AvgIpc) is 2.84. The first kappa shape index (κ1) is 11.6. The molecule has 0 bridgehead atoms. The van der Waals surface area contributed by atoms with Crippen molar-refractivity contribution >= 4 is 22.3 Å². The molecule has 0 unspecified atom stereocenters. The van der Waals surface area contributed by atoms with Crippen LogP contribution in [0.1, 0.15) is 10.4 Å². The molecule has 1 aromatic carbocycles. The second-order valence-corrected chi connectivity index (χ2v) is 4.72. The van der Waals surface area contributed by atoms with Crippen LogP contribution >= 0.6 is 11.3 Å². The normalized spacial score (nSPS) is 10.7. The van der Waals surface area contributed by atoms with Gasteiger partial charge in [-0.05, 0) is 5.56 Å². The second-order valence-electron chi connectivity index (χ2n) is 3.89. The van der Waals surface area contributed by atoms with E-state index in [2.05, 4.69) is 4.98 Å². The lowest BCUT2D eigenvalue weighted by molar-refractivity contribution is 0.0694. The van der Waals surface area contributed by atoms with Gasteiger partial charge in [0.05, 0.1) is 11.9 Å². The Labute approximate surface area is 111 Å². The first-order valence-electron chi connectivity index (χ1n) is 5.46. The van der Waals surface area contributed by atoms with E-state index in [1.54, 1.807) is 5.38 Å². The molecule has 0 saturated carbocycles. The van der Waals surface area contributed by atoms with E-state index >= 15 is 0 Å². The molecule has 5 nitrogen and oxygen atoms in total. The number of carboxylic acid groups (broad SMARTS) is 1. The molecule has 1 N–H and O–H groups in total. The maximum Gasteiger partial charge on any atom is 0.342 e. The van der Waals surface area contributed by atoms with Crippen molar-refractivity contribution in [3.63, 3.8) is 0 Å². The van der Waals surface area contributed by atoms with Crippen LogP contribution in [0.2, 0.25) is 0 Å². The number of thiazole rings is 1.